The van der Waals surface area contributed by atoms with Crippen LogP contribution in [0, 0.1) is 5.41 Å². The van der Waals surface area contributed by atoms with Crippen LogP contribution in [0.3, 0.4) is 0 Å². The predicted octanol–water partition coefficient (Wildman–Crippen LogP) is 2.29. The average Bonchev–Trinajstić information content (AvgIpc) is 2.35. The second-order valence-electron chi connectivity index (χ2n) is 5.05. The highest BCUT2D eigenvalue weighted by atomic mass is 16.4. The number of carboxylic acids is 1. The van der Waals surface area contributed by atoms with Crippen LogP contribution in [0.5, 0.6) is 0 Å². The molecule has 0 aromatic heterocycles. The Morgan fingerprint density at radius 1 is 1.26 bits per heavy atom. The highest BCUT2D eigenvalue weighted by Gasteiger charge is 2.52. The molecule has 1 amide bonds. The number of nitrogens with zero attached hydrogens (tertiary/aromatic N) is 1. The number of rotatable bonds is 5. The standard InChI is InChI=1S/C15H19NO3/c1-2-16(11-12-7-4-3-5-8-12)13(17)15(14(18)19)9-6-10-15/h3-5,7-8H,2,6,9-11H2,1H3,(H,18,19). The molecule has 4 heteroatoms. The molecule has 2 rings (SSSR count). The third kappa shape index (κ3) is 2.48. The van der Waals surface area contributed by atoms with Gasteiger partial charge < -0.3 is 10.0 Å². The molecule has 0 heterocycles. The molecular weight excluding hydrogens is 242 g/mol. The number of benzene rings is 1. The van der Waals surface area contributed by atoms with Crippen LogP contribution in [-0.4, -0.2) is 28.4 Å². The van der Waals surface area contributed by atoms with E-state index in [0.717, 1.165) is 12.0 Å². The van der Waals surface area contributed by atoms with Crippen molar-refractivity contribution < 1.29 is 14.7 Å². The van der Waals surface area contributed by atoms with Gasteiger partial charge in [-0.15, -0.1) is 0 Å². The van der Waals surface area contributed by atoms with E-state index in [1.165, 1.54) is 0 Å². The fraction of sp³-hybridized carbons (Fsp3) is 0.467. The first-order valence-electron chi connectivity index (χ1n) is 6.67. The SMILES string of the molecule is CCN(Cc1ccccc1)C(=O)C1(C(=O)O)CCC1. The van der Waals surface area contributed by atoms with Crippen molar-refractivity contribution in [2.45, 2.75) is 32.7 Å². The van der Waals surface area contributed by atoms with Crippen molar-refractivity contribution in [3.8, 4) is 0 Å². The Morgan fingerprint density at radius 3 is 2.32 bits per heavy atom. The summed E-state index contributed by atoms with van der Waals surface area (Å²) < 4.78 is 0. The van der Waals surface area contributed by atoms with E-state index in [1.807, 2.05) is 37.3 Å². The van der Waals surface area contributed by atoms with E-state index in [-0.39, 0.29) is 5.91 Å². The molecule has 0 bridgehead atoms. The number of amides is 1. The Bertz CT molecular complexity index is 466. The average molecular weight is 261 g/mol. The van der Waals surface area contributed by atoms with E-state index in [2.05, 4.69) is 0 Å². The van der Waals surface area contributed by atoms with Crippen molar-refractivity contribution >= 4 is 11.9 Å². The van der Waals surface area contributed by atoms with Crippen LogP contribution >= 0.6 is 0 Å². The van der Waals surface area contributed by atoms with Crippen molar-refractivity contribution in [3.05, 3.63) is 35.9 Å². The molecule has 102 valence electrons. The van der Waals surface area contributed by atoms with Crippen LogP contribution in [0.25, 0.3) is 0 Å². The van der Waals surface area contributed by atoms with Gasteiger partial charge in [-0.3, -0.25) is 9.59 Å². The van der Waals surface area contributed by atoms with E-state index >= 15 is 0 Å². The van der Waals surface area contributed by atoms with Crippen molar-refractivity contribution in [1.82, 2.24) is 4.90 Å². The fourth-order valence-corrected chi connectivity index (χ4v) is 2.48. The molecule has 0 unspecified atom stereocenters. The topological polar surface area (TPSA) is 57.6 Å². The van der Waals surface area contributed by atoms with Gasteiger partial charge in [0.2, 0.25) is 5.91 Å². The lowest BCUT2D eigenvalue weighted by atomic mass is 9.67. The first-order chi connectivity index (χ1) is 9.10. The molecule has 0 radical (unpaired) electrons. The Balaban J connectivity index is 2.13. The molecule has 1 saturated carbocycles. The van der Waals surface area contributed by atoms with Crippen LogP contribution < -0.4 is 0 Å². The largest absolute Gasteiger partial charge is 0.480 e. The van der Waals surface area contributed by atoms with Crippen LogP contribution in [0.15, 0.2) is 30.3 Å². The van der Waals surface area contributed by atoms with E-state index in [9.17, 15) is 14.7 Å². The minimum atomic E-state index is -1.16. The number of hydrogen-bond donors (Lipinski definition) is 1. The minimum Gasteiger partial charge on any atom is -0.480 e. The van der Waals surface area contributed by atoms with Gasteiger partial charge in [-0.25, -0.2) is 0 Å². The molecule has 1 aromatic rings. The molecular formula is C15H19NO3. The lowest BCUT2D eigenvalue weighted by Gasteiger charge is -2.39. The van der Waals surface area contributed by atoms with Gasteiger partial charge in [-0.1, -0.05) is 36.8 Å². The fourth-order valence-electron chi connectivity index (χ4n) is 2.48. The van der Waals surface area contributed by atoms with E-state index in [4.69, 9.17) is 0 Å². The van der Waals surface area contributed by atoms with E-state index in [0.29, 0.717) is 25.9 Å². The molecule has 1 aliphatic carbocycles. The van der Waals surface area contributed by atoms with Crippen molar-refractivity contribution in [3.63, 3.8) is 0 Å². The number of hydrogen-bond acceptors (Lipinski definition) is 2. The van der Waals surface area contributed by atoms with Crippen LogP contribution in [-0.2, 0) is 16.1 Å². The van der Waals surface area contributed by atoms with Gasteiger partial charge in [0.1, 0.15) is 5.41 Å². The summed E-state index contributed by atoms with van der Waals surface area (Å²) in [5.74, 6) is -1.21. The third-order valence-corrected chi connectivity index (χ3v) is 3.91. The smallest absolute Gasteiger partial charge is 0.319 e. The van der Waals surface area contributed by atoms with Gasteiger partial charge >= 0.3 is 5.97 Å². The molecule has 1 N–H and O–H groups in total. The number of aliphatic carboxylic acids is 1. The highest BCUT2D eigenvalue weighted by Crippen LogP contribution is 2.43. The Hall–Kier alpha value is -1.84. The summed E-state index contributed by atoms with van der Waals surface area (Å²) in [6, 6.07) is 9.66. The summed E-state index contributed by atoms with van der Waals surface area (Å²) >= 11 is 0. The second kappa shape index (κ2) is 5.43. The first-order valence-corrected chi connectivity index (χ1v) is 6.67. The molecule has 1 aliphatic rings. The summed E-state index contributed by atoms with van der Waals surface area (Å²) in [6.45, 7) is 2.89. The number of carbonyl (C=O) groups is 2. The van der Waals surface area contributed by atoms with Gasteiger partial charge in [0.05, 0.1) is 0 Å². The molecule has 0 aliphatic heterocycles. The van der Waals surface area contributed by atoms with Crippen molar-refractivity contribution in [1.29, 1.82) is 0 Å². The molecule has 1 fully saturated rings. The summed E-state index contributed by atoms with van der Waals surface area (Å²) in [4.78, 5) is 25.5. The Labute approximate surface area is 113 Å². The Morgan fingerprint density at radius 2 is 1.89 bits per heavy atom. The third-order valence-electron chi connectivity index (χ3n) is 3.91. The monoisotopic (exact) mass is 261 g/mol. The zero-order valence-electron chi connectivity index (χ0n) is 11.1. The predicted molar refractivity (Wildman–Crippen MR) is 71.5 cm³/mol. The molecule has 4 nitrogen and oxygen atoms in total. The van der Waals surface area contributed by atoms with Crippen molar-refractivity contribution in [2.24, 2.45) is 5.41 Å². The van der Waals surface area contributed by atoms with Crippen LogP contribution in [0.2, 0.25) is 0 Å². The molecule has 0 atom stereocenters. The zero-order chi connectivity index (χ0) is 13.9. The zero-order valence-corrected chi connectivity index (χ0v) is 11.1. The van der Waals surface area contributed by atoms with E-state index in [1.54, 1.807) is 4.90 Å². The maximum atomic E-state index is 12.5. The summed E-state index contributed by atoms with van der Waals surface area (Å²) in [5.41, 5.74) is -0.136. The summed E-state index contributed by atoms with van der Waals surface area (Å²) in [7, 11) is 0. The molecule has 19 heavy (non-hydrogen) atoms. The first kappa shape index (κ1) is 13.6. The minimum absolute atomic E-state index is 0.238. The van der Waals surface area contributed by atoms with E-state index < -0.39 is 11.4 Å². The number of carboxylic acid groups (broad SMARTS) is 1. The highest BCUT2D eigenvalue weighted by molar-refractivity contribution is 6.02. The normalized spacial score (nSPS) is 16.5. The molecule has 1 aromatic carbocycles. The quantitative estimate of drug-likeness (QED) is 0.827. The van der Waals surface area contributed by atoms with Crippen LogP contribution in [0.1, 0.15) is 31.7 Å². The van der Waals surface area contributed by atoms with Gasteiger partial charge in [0.25, 0.3) is 0 Å². The number of carbonyl (C=O) groups excluding carboxylic acids is 1. The van der Waals surface area contributed by atoms with Crippen molar-refractivity contribution in [2.75, 3.05) is 6.54 Å². The van der Waals surface area contributed by atoms with Gasteiger partial charge in [0.15, 0.2) is 0 Å². The molecule has 0 spiro atoms. The van der Waals surface area contributed by atoms with Gasteiger partial charge in [-0.05, 0) is 25.3 Å². The summed E-state index contributed by atoms with van der Waals surface area (Å²) in [5, 5.41) is 9.32. The molecule has 0 saturated heterocycles. The summed E-state index contributed by atoms with van der Waals surface area (Å²) in [6.07, 6.45) is 1.75. The maximum absolute atomic E-state index is 12.5. The Kier molecular flexibility index (Phi) is 3.88. The van der Waals surface area contributed by atoms with Gasteiger partial charge in [-0.2, -0.15) is 0 Å². The lowest BCUT2D eigenvalue weighted by molar-refractivity contribution is -0.167. The maximum Gasteiger partial charge on any atom is 0.319 e. The second-order valence-corrected chi connectivity index (χ2v) is 5.05. The van der Waals surface area contributed by atoms with Crippen LogP contribution in [0.4, 0.5) is 0 Å². The lowest BCUT2D eigenvalue weighted by Crippen LogP contribution is -2.52. The van der Waals surface area contributed by atoms with Gasteiger partial charge in [0, 0.05) is 13.1 Å².